The fourth-order valence-corrected chi connectivity index (χ4v) is 11.8. The van der Waals surface area contributed by atoms with Crippen molar-refractivity contribution in [3.63, 3.8) is 0 Å². The van der Waals surface area contributed by atoms with E-state index in [-0.39, 0.29) is 72.1 Å². The Morgan fingerprint density at radius 2 is 1.33 bits per heavy atom. The van der Waals surface area contributed by atoms with Crippen molar-refractivity contribution >= 4 is 28.3 Å². The van der Waals surface area contributed by atoms with Crippen molar-refractivity contribution in [1.82, 2.24) is 0 Å². The number of hydrogen-bond donors (Lipinski definition) is 9. The van der Waals surface area contributed by atoms with Gasteiger partial charge in [-0.2, -0.15) is 0 Å². The molecule has 25 nitrogen and oxygen atoms in total. The molecule has 25 atom stereocenters. The summed E-state index contributed by atoms with van der Waals surface area (Å²) < 4.78 is 77.9. The van der Waals surface area contributed by atoms with Crippen molar-refractivity contribution in [3.05, 3.63) is 29.3 Å². The van der Waals surface area contributed by atoms with Crippen molar-refractivity contribution in [1.29, 1.82) is 0 Å². The van der Waals surface area contributed by atoms with Gasteiger partial charge in [0.1, 0.15) is 66.1 Å². The first kappa shape index (κ1) is 61.3. The summed E-state index contributed by atoms with van der Waals surface area (Å²) in [6.45, 7) is 12.1. The quantitative estimate of drug-likeness (QED) is 0.0993. The molecule has 6 aliphatic rings. The lowest BCUT2D eigenvalue weighted by Crippen LogP contribution is -2.58. The maximum atomic E-state index is 15.0. The van der Waals surface area contributed by atoms with Crippen LogP contribution in [0.15, 0.2) is 18.2 Å². The fraction of sp³-hybridized carbons (Fsp3) is 0.759. The Hall–Kier alpha value is -3.81. The first-order chi connectivity index (χ1) is 37.2. The highest BCUT2D eigenvalue weighted by Crippen LogP contribution is 2.46. The van der Waals surface area contributed by atoms with E-state index in [2.05, 4.69) is 0 Å². The lowest BCUT2D eigenvalue weighted by molar-refractivity contribution is -0.334. The molecule has 5 aliphatic heterocycles. The lowest BCUT2D eigenvalue weighted by Gasteiger charge is -2.46. The molecule has 5 saturated heterocycles. The van der Waals surface area contributed by atoms with E-state index in [0.717, 1.165) is 0 Å². The number of carbonyl (C=O) groups is 3. The van der Waals surface area contributed by atoms with Crippen molar-refractivity contribution in [2.45, 2.75) is 235 Å². The highest BCUT2D eigenvalue weighted by Gasteiger charge is 2.52. The van der Waals surface area contributed by atoms with E-state index in [1.54, 1.807) is 20.8 Å². The van der Waals surface area contributed by atoms with E-state index in [0.29, 0.717) is 0 Å². The number of rotatable bonds is 17. The second-order valence-corrected chi connectivity index (χ2v) is 22.2. The summed E-state index contributed by atoms with van der Waals surface area (Å²) in [6.07, 6.45) is -24.9. The summed E-state index contributed by atoms with van der Waals surface area (Å²) in [7, 11) is 2.65. The van der Waals surface area contributed by atoms with Gasteiger partial charge in [-0.15, -0.1) is 0 Å². The Bertz CT molecular complexity index is 2440. The molecule has 444 valence electrons. The van der Waals surface area contributed by atoms with Crippen LogP contribution >= 0.6 is 0 Å². The monoisotopic (exact) mass is 1130 g/mol. The first-order valence-corrected chi connectivity index (χ1v) is 26.9. The third kappa shape index (κ3) is 13.2. The molecule has 0 amide bonds. The number of hydrogen-bond acceptors (Lipinski definition) is 25. The van der Waals surface area contributed by atoms with Crippen LogP contribution in [0.3, 0.4) is 0 Å². The molecule has 5 fully saturated rings. The van der Waals surface area contributed by atoms with E-state index in [1.165, 1.54) is 60.1 Å². The standard InChI is InChI=1S/C54H78O25/c1-20-11-35(79-53(73-26(7)56)48(20)77-36-16-32(58)49(67-9)24(5)71-36)74-29-13-27-12-28-14-30(50(68-10)47(64)42(59)21(2)55)51(46(63)41(28)45(62)40(27)31(57)15-29)78-38-18-33(43(60)23(4)70-38)75-37-17-34(44(61)22(3)69-37)76-39-19-54(8,66)52(65)25(6)72-39/h12-13,15,20-25,30,32-39,42-44,48-53,55,57-62,65-66H,11,14,16-19H2,1-10H3/t20?,21-,22?,23?,24?,25?,30?,32?,33?,34?,35?,36?,37?,38?,39?,42+,43?,44?,48?,49?,50+,51+,52?,53?,54?/m0/s1. The number of methoxy groups -OCH3 is 2. The van der Waals surface area contributed by atoms with Gasteiger partial charge in [0.15, 0.2) is 36.7 Å². The van der Waals surface area contributed by atoms with Crippen molar-refractivity contribution < 1.29 is 122 Å². The number of carbonyl (C=O) groups excluding carboxylic acids is 3. The molecule has 25 heteroatoms. The van der Waals surface area contributed by atoms with Crippen molar-refractivity contribution in [2.24, 2.45) is 11.8 Å². The molecule has 0 aromatic heterocycles. The van der Waals surface area contributed by atoms with Gasteiger partial charge in [0.05, 0.1) is 65.4 Å². The number of phenols is 2. The number of phenolic OH excluding ortho intramolecular Hbond substituents is 2. The SMILES string of the molecule is COC1C(O)CC(OC2C(C)CC(Oc3cc(O)c4c(O)c5c(cc4c3)CC([C@@H](OC)C(=O)[C@H](O)[C@H](C)O)[C@@H](OC3CC(OC4CC(OC6CC(C)(O)C(O)C(C)O6)C(O)C(C)O4)C(O)C(C)O3)C5=O)OC2OC(C)=O)OC1C. The zero-order valence-corrected chi connectivity index (χ0v) is 45.9. The molecule has 0 bridgehead atoms. The summed E-state index contributed by atoms with van der Waals surface area (Å²) in [5.41, 5.74) is -1.63. The van der Waals surface area contributed by atoms with Crippen molar-refractivity contribution in [2.75, 3.05) is 14.2 Å². The average Bonchev–Trinajstić information content (AvgIpc) is 3.41. The molecule has 9 N–H and O–H groups in total. The summed E-state index contributed by atoms with van der Waals surface area (Å²) in [5, 5.41) is 99.2. The number of aliphatic hydroxyl groups is 7. The molecule has 0 saturated carbocycles. The van der Waals surface area contributed by atoms with Gasteiger partial charge in [0, 0.05) is 65.2 Å². The van der Waals surface area contributed by atoms with Crippen LogP contribution in [-0.4, -0.2) is 219 Å². The number of Topliss-reactive ketones (excluding diaryl/α,β-unsaturated/α-hetero) is 2. The Morgan fingerprint density at radius 1 is 0.734 bits per heavy atom. The smallest absolute Gasteiger partial charge is 0.305 e. The number of aliphatic hydroxyl groups excluding tert-OH is 6. The van der Waals surface area contributed by atoms with E-state index in [9.17, 15) is 55.5 Å². The van der Waals surface area contributed by atoms with Gasteiger partial charge in [0.25, 0.3) is 0 Å². The number of fused-ring (bicyclic) bond motifs is 2. The van der Waals surface area contributed by atoms with Gasteiger partial charge in [-0.05, 0) is 77.0 Å². The molecule has 79 heavy (non-hydrogen) atoms. The summed E-state index contributed by atoms with van der Waals surface area (Å²) in [5.74, 6) is -5.26. The minimum absolute atomic E-state index is 0.0447. The summed E-state index contributed by atoms with van der Waals surface area (Å²) >= 11 is 0. The van der Waals surface area contributed by atoms with Gasteiger partial charge in [-0.1, -0.05) is 6.92 Å². The van der Waals surface area contributed by atoms with E-state index in [4.69, 9.17) is 61.6 Å². The van der Waals surface area contributed by atoms with Gasteiger partial charge in [-0.3, -0.25) is 14.4 Å². The molecule has 8 rings (SSSR count). The molecular weight excluding hydrogens is 1050 g/mol. The Kier molecular flexibility index (Phi) is 19.4. The second-order valence-electron chi connectivity index (χ2n) is 22.2. The topological polar surface area (TPSA) is 353 Å². The van der Waals surface area contributed by atoms with Gasteiger partial charge in [0.2, 0.25) is 12.6 Å². The number of esters is 1. The molecule has 1 aliphatic carbocycles. The zero-order chi connectivity index (χ0) is 57.7. The normalized spacial score (nSPS) is 41.2. The highest BCUT2D eigenvalue weighted by molar-refractivity contribution is 6.11. The van der Waals surface area contributed by atoms with Crippen LogP contribution in [0.1, 0.15) is 103 Å². The predicted octanol–water partition coefficient (Wildman–Crippen LogP) is 0.872. The summed E-state index contributed by atoms with van der Waals surface area (Å²) in [6, 6.07) is 4.19. The van der Waals surface area contributed by atoms with Crippen LogP contribution < -0.4 is 4.74 Å². The van der Waals surface area contributed by atoms with Crippen LogP contribution in [0.2, 0.25) is 0 Å². The summed E-state index contributed by atoms with van der Waals surface area (Å²) in [4.78, 5) is 41.2. The maximum absolute atomic E-state index is 15.0. The van der Waals surface area contributed by atoms with E-state index >= 15 is 4.79 Å². The molecule has 21 unspecified atom stereocenters. The van der Waals surface area contributed by atoms with Crippen LogP contribution in [0.25, 0.3) is 10.8 Å². The average molecular weight is 1130 g/mol. The van der Waals surface area contributed by atoms with E-state index < -0.39 is 176 Å². The van der Waals surface area contributed by atoms with Crippen LogP contribution in [0, 0.1) is 11.8 Å². The van der Waals surface area contributed by atoms with E-state index in [1.807, 2.05) is 6.92 Å². The number of ether oxygens (including phenoxy) is 13. The molecule has 2 aromatic rings. The molecular formula is C54H78O25. The number of ketones is 2. The Morgan fingerprint density at radius 3 is 1.91 bits per heavy atom. The third-order valence-electron chi connectivity index (χ3n) is 16.0. The molecule has 5 heterocycles. The number of benzene rings is 2. The lowest BCUT2D eigenvalue weighted by atomic mass is 9.75. The minimum Gasteiger partial charge on any atom is -0.507 e. The van der Waals surface area contributed by atoms with Gasteiger partial charge < -0.3 is 108 Å². The first-order valence-electron chi connectivity index (χ1n) is 26.9. The molecule has 0 radical (unpaired) electrons. The Labute approximate surface area is 456 Å². The number of aromatic hydroxyl groups is 2. The molecule has 0 spiro atoms. The highest BCUT2D eigenvalue weighted by atomic mass is 16.8. The molecule has 2 aromatic carbocycles. The third-order valence-corrected chi connectivity index (χ3v) is 16.0. The fourth-order valence-electron chi connectivity index (χ4n) is 11.8. The van der Waals surface area contributed by atoms with Crippen LogP contribution in [0.4, 0.5) is 0 Å². The largest absolute Gasteiger partial charge is 0.507 e. The van der Waals surface area contributed by atoms with Gasteiger partial charge >= 0.3 is 5.97 Å². The second kappa shape index (κ2) is 25.0. The van der Waals surface area contributed by atoms with Gasteiger partial charge in [-0.25, -0.2) is 0 Å². The van der Waals surface area contributed by atoms with Crippen molar-refractivity contribution in [3.8, 4) is 17.2 Å². The van der Waals surface area contributed by atoms with Crippen LogP contribution in [0.5, 0.6) is 17.2 Å². The predicted molar refractivity (Wildman–Crippen MR) is 268 cm³/mol. The van der Waals surface area contributed by atoms with Crippen LogP contribution in [-0.2, 0) is 72.9 Å². The minimum atomic E-state index is -1.95. The Balaban J connectivity index is 1.02. The zero-order valence-electron chi connectivity index (χ0n) is 45.9. The maximum Gasteiger partial charge on any atom is 0.305 e.